The van der Waals surface area contributed by atoms with Crippen molar-refractivity contribution in [3.63, 3.8) is 0 Å². The Morgan fingerprint density at radius 2 is 1.74 bits per heavy atom. The lowest BCUT2D eigenvalue weighted by Gasteiger charge is -2.26. The van der Waals surface area contributed by atoms with Crippen LogP contribution in [0.5, 0.6) is 5.75 Å². The van der Waals surface area contributed by atoms with Crippen molar-refractivity contribution in [1.29, 1.82) is 0 Å². The van der Waals surface area contributed by atoms with E-state index in [0.717, 1.165) is 6.07 Å². The molecule has 9 heteroatoms. The van der Waals surface area contributed by atoms with E-state index in [2.05, 4.69) is 0 Å². The SMILES string of the molecule is COC(=O)c1ccc(C2/C(=C(\O)c3ccc(OC)c(F)c3)C(=O)C(=O)N2CCCN(C)C)cc1. The molecule has 1 fully saturated rings. The van der Waals surface area contributed by atoms with Crippen molar-refractivity contribution >= 4 is 23.4 Å². The molecule has 2 aromatic rings. The zero-order valence-electron chi connectivity index (χ0n) is 19.5. The number of benzene rings is 2. The Morgan fingerprint density at radius 3 is 2.29 bits per heavy atom. The van der Waals surface area contributed by atoms with Gasteiger partial charge in [0.05, 0.1) is 31.4 Å². The first kappa shape index (κ1) is 24.9. The van der Waals surface area contributed by atoms with E-state index < -0.39 is 35.3 Å². The first-order chi connectivity index (χ1) is 16.2. The molecule has 1 aliphatic rings. The van der Waals surface area contributed by atoms with Gasteiger partial charge in [0.2, 0.25) is 0 Å². The van der Waals surface area contributed by atoms with Crippen LogP contribution in [0.25, 0.3) is 5.76 Å². The van der Waals surface area contributed by atoms with Gasteiger partial charge in [0.1, 0.15) is 5.76 Å². The zero-order valence-corrected chi connectivity index (χ0v) is 19.5. The van der Waals surface area contributed by atoms with E-state index in [-0.39, 0.29) is 23.4 Å². The minimum Gasteiger partial charge on any atom is -0.507 e. The number of ketones is 1. The molecule has 1 saturated heterocycles. The molecule has 0 radical (unpaired) electrons. The number of methoxy groups -OCH3 is 2. The molecule has 0 aliphatic carbocycles. The molecule has 8 nitrogen and oxygen atoms in total. The van der Waals surface area contributed by atoms with Crippen LogP contribution < -0.4 is 4.74 Å². The lowest BCUT2D eigenvalue weighted by Crippen LogP contribution is -2.32. The summed E-state index contributed by atoms with van der Waals surface area (Å²) in [5, 5.41) is 11.0. The number of likely N-dealkylation sites (tertiary alicyclic amines) is 1. The van der Waals surface area contributed by atoms with Crippen molar-refractivity contribution in [2.75, 3.05) is 41.4 Å². The second-order valence-corrected chi connectivity index (χ2v) is 8.11. The molecule has 1 aliphatic heterocycles. The third-order valence-electron chi connectivity index (χ3n) is 5.62. The molecule has 0 bridgehead atoms. The summed E-state index contributed by atoms with van der Waals surface area (Å²) in [5.74, 6) is -3.37. The van der Waals surface area contributed by atoms with Gasteiger partial charge in [0.25, 0.3) is 11.7 Å². The van der Waals surface area contributed by atoms with E-state index >= 15 is 0 Å². The average Bonchev–Trinajstić information content (AvgIpc) is 3.08. The second kappa shape index (κ2) is 10.5. The molecule has 1 N–H and O–H groups in total. The first-order valence-corrected chi connectivity index (χ1v) is 10.6. The van der Waals surface area contributed by atoms with E-state index in [1.807, 2.05) is 19.0 Å². The normalized spacial score (nSPS) is 17.4. The van der Waals surface area contributed by atoms with Crippen LogP contribution in [0.4, 0.5) is 4.39 Å². The predicted octanol–water partition coefficient (Wildman–Crippen LogP) is 2.99. The molecular weight excluding hydrogens is 443 g/mol. The molecule has 3 rings (SSSR count). The molecule has 1 unspecified atom stereocenters. The fourth-order valence-electron chi connectivity index (χ4n) is 3.90. The van der Waals surface area contributed by atoms with Crippen LogP contribution in [0.3, 0.4) is 0 Å². The maximum absolute atomic E-state index is 14.3. The van der Waals surface area contributed by atoms with Crippen LogP contribution in [0.1, 0.15) is 33.9 Å². The number of aliphatic hydroxyl groups excluding tert-OH is 1. The minimum absolute atomic E-state index is 0.0179. The van der Waals surface area contributed by atoms with Crippen molar-refractivity contribution in [2.45, 2.75) is 12.5 Å². The van der Waals surface area contributed by atoms with E-state index in [0.29, 0.717) is 24.1 Å². The minimum atomic E-state index is -0.904. The van der Waals surface area contributed by atoms with Gasteiger partial charge in [0, 0.05) is 12.1 Å². The number of carbonyl (C=O) groups is 3. The molecule has 34 heavy (non-hydrogen) atoms. The van der Waals surface area contributed by atoms with Gasteiger partial charge >= 0.3 is 5.97 Å². The quantitative estimate of drug-likeness (QED) is 0.274. The van der Waals surface area contributed by atoms with Gasteiger partial charge in [-0.05, 0) is 63.0 Å². The van der Waals surface area contributed by atoms with Crippen LogP contribution in [-0.4, -0.2) is 74.0 Å². The zero-order chi connectivity index (χ0) is 25.0. The second-order valence-electron chi connectivity index (χ2n) is 8.11. The molecule has 180 valence electrons. The highest BCUT2D eigenvalue weighted by Crippen LogP contribution is 2.40. The summed E-state index contributed by atoms with van der Waals surface area (Å²) < 4.78 is 23.9. The number of hydrogen-bond acceptors (Lipinski definition) is 7. The van der Waals surface area contributed by atoms with Crippen LogP contribution in [-0.2, 0) is 14.3 Å². The van der Waals surface area contributed by atoms with Crippen LogP contribution >= 0.6 is 0 Å². The predicted molar refractivity (Wildman–Crippen MR) is 123 cm³/mol. The standard InChI is InChI=1S/C25H27FN2O6/c1-27(2)12-5-13-28-21(15-6-8-16(9-7-15)25(32)34-4)20(23(30)24(28)31)22(29)17-10-11-19(33-3)18(26)14-17/h6-11,14,21,29H,5,12-13H2,1-4H3/b22-20+. The van der Waals surface area contributed by atoms with Gasteiger partial charge in [-0.1, -0.05) is 12.1 Å². The Balaban J connectivity index is 2.10. The number of carbonyl (C=O) groups excluding carboxylic acids is 3. The fourth-order valence-corrected chi connectivity index (χ4v) is 3.90. The summed E-state index contributed by atoms with van der Waals surface area (Å²) in [5.41, 5.74) is 0.714. The number of nitrogens with zero attached hydrogens (tertiary/aromatic N) is 2. The van der Waals surface area contributed by atoms with Gasteiger partial charge in [-0.3, -0.25) is 9.59 Å². The summed E-state index contributed by atoms with van der Waals surface area (Å²) in [6.07, 6.45) is 0.591. The lowest BCUT2D eigenvalue weighted by molar-refractivity contribution is -0.139. The topological polar surface area (TPSA) is 96.4 Å². The molecule has 2 aromatic carbocycles. The summed E-state index contributed by atoms with van der Waals surface area (Å²) >= 11 is 0. The van der Waals surface area contributed by atoms with Gasteiger partial charge in [-0.2, -0.15) is 0 Å². The largest absolute Gasteiger partial charge is 0.507 e. The monoisotopic (exact) mass is 470 g/mol. The van der Waals surface area contributed by atoms with Gasteiger partial charge in [-0.25, -0.2) is 9.18 Å². The highest BCUT2D eigenvalue weighted by Gasteiger charge is 2.45. The Hall–Kier alpha value is -3.72. The van der Waals surface area contributed by atoms with Gasteiger partial charge in [-0.15, -0.1) is 0 Å². The Labute approximate surface area is 197 Å². The summed E-state index contributed by atoms with van der Waals surface area (Å²) in [4.78, 5) is 41.1. The van der Waals surface area contributed by atoms with Crippen LogP contribution in [0.15, 0.2) is 48.0 Å². The molecular formula is C25H27FN2O6. The number of halogens is 1. The van der Waals surface area contributed by atoms with E-state index in [4.69, 9.17) is 9.47 Å². The van der Waals surface area contributed by atoms with Crippen LogP contribution in [0.2, 0.25) is 0 Å². The van der Waals surface area contributed by atoms with Gasteiger partial charge < -0.3 is 24.4 Å². The number of hydrogen-bond donors (Lipinski definition) is 1. The third-order valence-corrected chi connectivity index (χ3v) is 5.62. The first-order valence-electron chi connectivity index (χ1n) is 10.6. The maximum Gasteiger partial charge on any atom is 0.337 e. The number of ether oxygens (including phenoxy) is 2. The van der Waals surface area contributed by atoms with Gasteiger partial charge in [0.15, 0.2) is 11.6 Å². The van der Waals surface area contributed by atoms with E-state index in [9.17, 15) is 23.9 Å². The fraction of sp³-hybridized carbons (Fsp3) is 0.320. The van der Waals surface area contributed by atoms with Crippen molar-refractivity contribution in [3.05, 3.63) is 70.5 Å². The number of amides is 1. The Kier molecular flexibility index (Phi) is 7.68. The number of rotatable bonds is 8. The van der Waals surface area contributed by atoms with Crippen molar-refractivity contribution < 1.29 is 33.4 Å². The molecule has 1 amide bonds. The van der Waals surface area contributed by atoms with Crippen LogP contribution in [0, 0.1) is 5.82 Å². The van der Waals surface area contributed by atoms with E-state index in [1.165, 1.54) is 43.4 Å². The number of Topliss-reactive ketones (excluding diaryl/α,β-unsaturated/α-hetero) is 1. The van der Waals surface area contributed by atoms with Crippen molar-refractivity contribution in [2.24, 2.45) is 0 Å². The smallest absolute Gasteiger partial charge is 0.337 e. The highest BCUT2D eigenvalue weighted by molar-refractivity contribution is 6.46. The van der Waals surface area contributed by atoms with E-state index in [1.54, 1.807) is 12.1 Å². The summed E-state index contributed by atoms with van der Waals surface area (Å²) in [7, 11) is 6.38. The average molecular weight is 470 g/mol. The van der Waals surface area contributed by atoms with Crippen molar-refractivity contribution in [3.8, 4) is 5.75 Å². The molecule has 0 saturated carbocycles. The molecule has 0 aromatic heterocycles. The maximum atomic E-state index is 14.3. The Bertz CT molecular complexity index is 1130. The summed E-state index contributed by atoms with van der Waals surface area (Å²) in [6, 6.07) is 9.13. The highest BCUT2D eigenvalue weighted by atomic mass is 19.1. The third kappa shape index (κ3) is 4.94. The number of esters is 1. The summed E-state index contributed by atoms with van der Waals surface area (Å²) in [6.45, 7) is 0.945. The molecule has 1 atom stereocenters. The van der Waals surface area contributed by atoms with Crippen molar-refractivity contribution in [1.82, 2.24) is 9.80 Å². The number of aliphatic hydroxyl groups is 1. The lowest BCUT2D eigenvalue weighted by atomic mass is 9.94. The molecule has 1 heterocycles. The molecule has 0 spiro atoms. The Morgan fingerprint density at radius 1 is 1.09 bits per heavy atom.